The maximum Gasteiger partial charge on any atom is 0.128 e. The van der Waals surface area contributed by atoms with Crippen molar-refractivity contribution >= 4 is 11.4 Å². The van der Waals surface area contributed by atoms with Gasteiger partial charge in [0.2, 0.25) is 0 Å². The van der Waals surface area contributed by atoms with Crippen LogP contribution in [0, 0.1) is 12.7 Å². The molecule has 0 aliphatic carbocycles. The molecule has 16 heavy (non-hydrogen) atoms. The van der Waals surface area contributed by atoms with E-state index in [1.807, 2.05) is 6.07 Å². The van der Waals surface area contributed by atoms with Crippen LogP contribution in [0.4, 0.5) is 15.8 Å². The number of phenols is 1. The molecule has 2 N–H and O–H groups in total. The lowest BCUT2D eigenvalue weighted by atomic mass is 10.2. The van der Waals surface area contributed by atoms with Crippen molar-refractivity contribution in [2.75, 3.05) is 5.32 Å². The molecule has 2 rings (SSSR count). The summed E-state index contributed by atoms with van der Waals surface area (Å²) in [5, 5.41) is 12.2. The Morgan fingerprint density at radius 3 is 2.25 bits per heavy atom. The summed E-state index contributed by atoms with van der Waals surface area (Å²) in [6, 6.07) is 11.6. The largest absolute Gasteiger partial charge is 0.508 e. The number of aryl methyl sites for hydroxylation is 1. The molecule has 0 saturated carbocycles. The van der Waals surface area contributed by atoms with Gasteiger partial charge in [0.15, 0.2) is 0 Å². The van der Waals surface area contributed by atoms with Crippen molar-refractivity contribution in [3.8, 4) is 5.75 Å². The summed E-state index contributed by atoms with van der Waals surface area (Å²) in [5.74, 6) is -0.0237. The smallest absolute Gasteiger partial charge is 0.128 e. The second kappa shape index (κ2) is 4.23. The summed E-state index contributed by atoms with van der Waals surface area (Å²) in [6.45, 7) is 1.72. The highest BCUT2D eigenvalue weighted by molar-refractivity contribution is 5.60. The molecule has 0 aromatic heterocycles. The van der Waals surface area contributed by atoms with Gasteiger partial charge in [-0.05, 0) is 48.9 Å². The van der Waals surface area contributed by atoms with E-state index in [1.54, 1.807) is 37.3 Å². The van der Waals surface area contributed by atoms with Crippen molar-refractivity contribution in [1.29, 1.82) is 0 Å². The Hall–Kier alpha value is -2.03. The van der Waals surface area contributed by atoms with Crippen molar-refractivity contribution in [2.45, 2.75) is 6.92 Å². The number of nitrogens with one attached hydrogen (secondary N) is 1. The van der Waals surface area contributed by atoms with Gasteiger partial charge in [0, 0.05) is 11.4 Å². The fourth-order valence-corrected chi connectivity index (χ4v) is 1.38. The van der Waals surface area contributed by atoms with Gasteiger partial charge < -0.3 is 10.4 Å². The van der Waals surface area contributed by atoms with E-state index < -0.39 is 0 Å². The second-order valence-electron chi connectivity index (χ2n) is 3.64. The summed E-state index contributed by atoms with van der Waals surface area (Å²) in [4.78, 5) is 0. The van der Waals surface area contributed by atoms with E-state index in [4.69, 9.17) is 5.11 Å². The molecule has 0 atom stereocenters. The molecule has 0 amide bonds. The summed E-state index contributed by atoms with van der Waals surface area (Å²) in [5.41, 5.74) is 2.12. The highest BCUT2D eigenvalue weighted by atomic mass is 19.1. The minimum Gasteiger partial charge on any atom is -0.508 e. The predicted octanol–water partition coefficient (Wildman–Crippen LogP) is 3.58. The maximum atomic E-state index is 13.3. The zero-order valence-electron chi connectivity index (χ0n) is 8.87. The van der Waals surface area contributed by atoms with E-state index in [9.17, 15) is 4.39 Å². The molecule has 0 bridgehead atoms. The third-order valence-electron chi connectivity index (χ3n) is 2.33. The number of anilines is 2. The summed E-state index contributed by atoms with van der Waals surface area (Å²) >= 11 is 0. The minimum atomic E-state index is -0.233. The van der Waals surface area contributed by atoms with E-state index in [0.29, 0.717) is 11.3 Å². The molecule has 2 nitrogen and oxygen atoms in total. The van der Waals surface area contributed by atoms with Crippen LogP contribution in [0.15, 0.2) is 42.5 Å². The molecule has 0 spiro atoms. The van der Waals surface area contributed by atoms with Crippen LogP contribution in [0.25, 0.3) is 0 Å². The number of hydrogen-bond donors (Lipinski definition) is 2. The summed E-state index contributed by atoms with van der Waals surface area (Å²) in [7, 11) is 0. The van der Waals surface area contributed by atoms with Crippen molar-refractivity contribution in [3.05, 3.63) is 53.8 Å². The van der Waals surface area contributed by atoms with E-state index >= 15 is 0 Å². The zero-order chi connectivity index (χ0) is 11.5. The van der Waals surface area contributed by atoms with Crippen LogP contribution in [-0.2, 0) is 0 Å². The SMILES string of the molecule is Cc1ccc(Nc2ccc(O)cc2)cc1F. The lowest BCUT2D eigenvalue weighted by Crippen LogP contribution is -1.91. The highest BCUT2D eigenvalue weighted by Crippen LogP contribution is 2.20. The quantitative estimate of drug-likeness (QED) is 0.753. The number of phenolic OH excluding ortho intramolecular Hbond substituents is 1. The first-order valence-electron chi connectivity index (χ1n) is 4.97. The van der Waals surface area contributed by atoms with Gasteiger partial charge in [-0.25, -0.2) is 4.39 Å². The standard InChI is InChI=1S/C13H12FNO/c1-9-2-3-11(8-13(9)14)15-10-4-6-12(16)7-5-10/h2-8,15-16H,1H3. The van der Waals surface area contributed by atoms with Gasteiger partial charge in [-0.15, -0.1) is 0 Å². The molecular weight excluding hydrogens is 205 g/mol. The van der Waals surface area contributed by atoms with Gasteiger partial charge in [0.1, 0.15) is 11.6 Å². The van der Waals surface area contributed by atoms with E-state index in [-0.39, 0.29) is 11.6 Å². The molecule has 0 heterocycles. The Labute approximate surface area is 93.4 Å². The van der Waals surface area contributed by atoms with Crippen molar-refractivity contribution < 1.29 is 9.50 Å². The third-order valence-corrected chi connectivity index (χ3v) is 2.33. The van der Waals surface area contributed by atoms with Crippen molar-refractivity contribution in [3.63, 3.8) is 0 Å². The molecule has 0 unspecified atom stereocenters. The lowest BCUT2D eigenvalue weighted by Gasteiger charge is -2.07. The Morgan fingerprint density at radius 1 is 1.00 bits per heavy atom. The topological polar surface area (TPSA) is 32.3 Å². The van der Waals surface area contributed by atoms with Gasteiger partial charge in [-0.2, -0.15) is 0 Å². The normalized spacial score (nSPS) is 10.1. The average molecular weight is 217 g/mol. The number of aromatic hydroxyl groups is 1. The molecule has 2 aromatic carbocycles. The molecule has 0 radical (unpaired) electrons. The van der Waals surface area contributed by atoms with Crippen LogP contribution in [0.1, 0.15) is 5.56 Å². The average Bonchev–Trinajstić information content (AvgIpc) is 2.27. The van der Waals surface area contributed by atoms with Crippen LogP contribution >= 0.6 is 0 Å². The first-order valence-corrected chi connectivity index (χ1v) is 4.97. The molecule has 0 fully saturated rings. The number of benzene rings is 2. The highest BCUT2D eigenvalue weighted by Gasteiger charge is 1.99. The van der Waals surface area contributed by atoms with Crippen molar-refractivity contribution in [1.82, 2.24) is 0 Å². The first kappa shape index (κ1) is 10.5. The lowest BCUT2D eigenvalue weighted by molar-refractivity contribution is 0.475. The predicted molar refractivity (Wildman–Crippen MR) is 62.5 cm³/mol. The molecular formula is C13H12FNO. The minimum absolute atomic E-state index is 0.209. The van der Waals surface area contributed by atoms with Gasteiger partial charge in [0.25, 0.3) is 0 Å². The van der Waals surface area contributed by atoms with Crippen LogP contribution in [0.5, 0.6) is 5.75 Å². The molecule has 0 aliphatic rings. The Bertz CT molecular complexity index is 494. The fraction of sp³-hybridized carbons (Fsp3) is 0.0769. The molecule has 0 saturated heterocycles. The number of halogens is 1. The fourth-order valence-electron chi connectivity index (χ4n) is 1.38. The number of hydrogen-bond acceptors (Lipinski definition) is 2. The Kier molecular flexibility index (Phi) is 2.77. The molecule has 3 heteroatoms. The number of rotatable bonds is 2. The summed E-state index contributed by atoms with van der Waals surface area (Å²) < 4.78 is 13.3. The van der Waals surface area contributed by atoms with E-state index in [0.717, 1.165) is 5.69 Å². The van der Waals surface area contributed by atoms with Crippen LogP contribution in [-0.4, -0.2) is 5.11 Å². The van der Waals surface area contributed by atoms with Crippen molar-refractivity contribution in [2.24, 2.45) is 0 Å². The molecule has 0 aliphatic heterocycles. The second-order valence-corrected chi connectivity index (χ2v) is 3.64. The monoisotopic (exact) mass is 217 g/mol. The molecule has 82 valence electrons. The Morgan fingerprint density at radius 2 is 1.62 bits per heavy atom. The van der Waals surface area contributed by atoms with Gasteiger partial charge in [-0.1, -0.05) is 6.07 Å². The van der Waals surface area contributed by atoms with Crippen LogP contribution in [0.3, 0.4) is 0 Å². The third kappa shape index (κ3) is 2.31. The maximum absolute atomic E-state index is 13.3. The summed E-state index contributed by atoms with van der Waals surface area (Å²) in [6.07, 6.45) is 0. The van der Waals surface area contributed by atoms with Gasteiger partial charge >= 0.3 is 0 Å². The van der Waals surface area contributed by atoms with Crippen LogP contribution in [0.2, 0.25) is 0 Å². The van der Waals surface area contributed by atoms with Crippen LogP contribution < -0.4 is 5.32 Å². The van der Waals surface area contributed by atoms with E-state index in [1.165, 1.54) is 6.07 Å². The van der Waals surface area contributed by atoms with E-state index in [2.05, 4.69) is 5.32 Å². The van der Waals surface area contributed by atoms with Gasteiger partial charge in [0.05, 0.1) is 0 Å². The first-order chi connectivity index (χ1) is 7.65. The zero-order valence-corrected chi connectivity index (χ0v) is 8.87. The molecule has 2 aromatic rings. The van der Waals surface area contributed by atoms with Gasteiger partial charge in [-0.3, -0.25) is 0 Å². The Balaban J connectivity index is 2.20.